The number of aromatic nitrogens is 2. The highest BCUT2D eigenvalue weighted by molar-refractivity contribution is 5.95. The third kappa shape index (κ3) is 4.23. The van der Waals surface area contributed by atoms with Crippen molar-refractivity contribution in [2.45, 2.75) is 13.3 Å². The van der Waals surface area contributed by atoms with E-state index in [0.717, 1.165) is 11.3 Å². The summed E-state index contributed by atoms with van der Waals surface area (Å²) in [6, 6.07) is 16.9. The SMILES string of the molecule is CCOC(=O)c1ccccc1NCCc1nnc(-c2ccccc2)o1. The molecule has 0 fully saturated rings. The zero-order chi connectivity index (χ0) is 17.5. The van der Waals surface area contributed by atoms with E-state index in [1.807, 2.05) is 48.5 Å². The molecule has 0 amide bonds. The lowest BCUT2D eigenvalue weighted by Gasteiger charge is -2.10. The minimum Gasteiger partial charge on any atom is -0.462 e. The maximum atomic E-state index is 12.0. The molecule has 0 aliphatic rings. The van der Waals surface area contributed by atoms with Crippen molar-refractivity contribution < 1.29 is 13.9 Å². The van der Waals surface area contributed by atoms with E-state index in [9.17, 15) is 4.79 Å². The first-order valence-electron chi connectivity index (χ1n) is 8.15. The van der Waals surface area contributed by atoms with E-state index >= 15 is 0 Å². The minimum absolute atomic E-state index is 0.338. The van der Waals surface area contributed by atoms with Crippen molar-refractivity contribution in [3.05, 3.63) is 66.1 Å². The Hall–Kier alpha value is -3.15. The molecule has 0 unspecified atom stereocenters. The fourth-order valence-corrected chi connectivity index (χ4v) is 2.38. The Kier molecular flexibility index (Phi) is 5.41. The van der Waals surface area contributed by atoms with Crippen LogP contribution in [0.2, 0.25) is 0 Å². The van der Waals surface area contributed by atoms with Gasteiger partial charge in [-0.05, 0) is 31.2 Å². The summed E-state index contributed by atoms with van der Waals surface area (Å²) in [5.41, 5.74) is 2.13. The Morgan fingerprint density at radius 1 is 1.08 bits per heavy atom. The molecule has 0 aliphatic carbocycles. The summed E-state index contributed by atoms with van der Waals surface area (Å²) < 4.78 is 10.7. The second-order valence-corrected chi connectivity index (χ2v) is 5.31. The van der Waals surface area contributed by atoms with Crippen molar-refractivity contribution in [2.75, 3.05) is 18.5 Å². The number of carbonyl (C=O) groups excluding carboxylic acids is 1. The second kappa shape index (κ2) is 8.10. The van der Waals surface area contributed by atoms with Gasteiger partial charge in [0.2, 0.25) is 11.8 Å². The highest BCUT2D eigenvalue weighted by Gasteiger charge is 2.12. The fraction of sp³-hybridized carbons (Fsp3) is 0.211. The van der Waals surface area contributed by atoms with Crippen molar-refractivity contribution in [1.29, 1.82) is 0 Å². The number of nitrogens with one attached hydrogen (secondary N) is 1. The van der Waals surface area contributed by atoms with Gasteiger partial charge in [-0.2, -0.15) is 0 Å². The third-order valence-corrected chi connectivity index (χ3v) is 3.56. The topological polar surface area (TPSA) is 77.2 Å². The van der Waals surface area contributed by atoms with Crippen LogP contribution in [0.15, 0.2) is 59.0 Å². The third-order valence-electron chi connectivity index (χ3n) is 3.56. The molecule has 0 bridgehead atoms. The molecule has 0 aliphatic heterocycles. The van der Waals surface area contributed by atoms with E-state index in [2.05, 4.69) is 15.5 Å². The maximum Gasteiger partial charge on any atom is 0.340 e. The highest BCUT2D eigenvalue weighted by atomic mass is 16.5. The van der Waals surface area contributed by atoms with Gasteiger partial charge in [0.05, 0.1) is 12.2 Å². The van der Waals surface area contributed by atoms with Gasteiger partial charge in [-0.3, -0.25) is 0 Å². The lowest BCUT2D eigenvalue weighted by molar-refractivity contribution is 0.0527. The maximum absolute atomic E-state index is 12.0. The van der Waals surface area contributed by atoms with Crippen LogP contribution in [0.3, 0.4) is 0 Å². The van der Waals surface area contributed by atoms with Gasteiger partial charge in [-0.1, -0.05) is 30.3 Å². The number of esters is 1. The summed E-state index contributed by atoms with van der Waals surface area (Å²) in [4.78, 5) is 12.0. The minimum atomic E-state index is -0.338. The lowest BCUT2D eigenvalue weighted by Crippen LogP contribution is -2.11. The zero-order valence-corrected chi connectivity index (χ0v) is 13.9. The normalized spacial score (nSPS) is 10.4. The average Bonchev–Trinajstić information content (AvgIpc) is 3.12. The molecule has 6 nitrogen and oxygen atoms in total. The number of hydrogen-bond acceptors (Lipinski definition) is 6. The second-order valence-electron chi connectivity index (χ2n) is 5.31. The van der Waals surface area contributed by atoms with Gasteiger partial charge in [0.15, 0.2) is 0 Å². The molecular weight excluding hydrogens is 318 g/mol. The van der Waals surface area contributed by atoms with Crippen molar-refractivity contribution in [1.82, 2.24) is 10.2 Å². The standard InChI is InChI=1S/C19H19N3O3/c1-2-24-19(23)15-10-6-7-11-16(15)20-13-12-17-21-22-18(25-17)14-8-4-3-5-9-14/h3-11,20H,2,12-13H2,1H3. The number of ether oxygens (including phenoxy) is 1. The molecule has 1 N–H and O–H groups in total. The van der Waals surface area contributed by atoms with Crippen LogP contribution in [-0.4, -0.2) is 29.3 Å². The highest BCUT2D eigenvalue weighted by Crippen LogP contribution is 2.18. The Morgan fingerprint density at radius 2 is 1.84 bits per heavy atom. The van der Waals surface area contributed by atoms with E-state index in [-0.39, 0.29) is 5.97 Å². The summed E-state index contributed by atoms with van der Waals surface area (Å²) in [6.45, 7) is 2.69. The molecule has 128 valence electrons. The van der Waals surface area contributed by atoms with Crippen molar-refractivity contribution >= 4 is 11.7 Å². The van der Waals surface area contributed by atoms with Crippen LogP contribution in [0.5, 0.6) is 0 Å². The van der Waals surface area contributed by atoms with Gasteiger partial charge in [-0.15, -0.1) is 10.2 Å². The Balaban J connectivity index is 1.61. The number of benzene rings is 2. The zero-order valence-electron chi connectivity index (χ0n) is 13.9. The van der Waals surface area contributed by atoms with Gasteiger partial charge in [0, 0.05) is 24.2 Å². The molecule has 2 aromatic carbocycles. The van der Waals surface area contributed by atoms with Crippen molar-refractivity contribution in [3.63, 3.8) is 0 Å². The largest absolute Gasteiger partial charge is 0.462 e. The summed E-state index contributed by atoms with van der Waals surface area (Å²) in [7, 11) is 0. The van der Waals surface area contributed by atoms with E-state index in [0.29, 0.717) is 36.9 Å². The number of nitrogens with zero attached hydrogens (tertiary/aromatic N) is 2. The molecule has 3 aromatic rings. The Labute approximate surface area is 145 Å². The van der Waals surface area contributed by atoms with Gasteiger partial charge in [0.1, 0.15) is 0 Å². The summed E-state index contributed by atoms with van der Waals surface area (Å²) in [5, 5.41) is 11.3. The molecule has 0 spiro atoms. The van der Waals surface area contributed by atoms with Crippen LogP contribution in [0, 0.1) is 0 Å². The summed E-state index contributed by atoms with van der Waals surface area (Å²) >= 11 is 0. The number of carbonyl (C=O) groups is 1. The van der Waals surface area contributed by atoms with Gasteiger partial charge in [-0.25, -0.2) is 4.79 Å². The van der Waals surface area contributed by atoms with Crippen LogP contribution < -0.4 is 5.32 Å². The molecule has 25 heavy (non-hydrogen) atoms. The fourth-order valence-electron chi connectivity index (χ4n) is 2.38. The molecular formula is C19H19N3O3. The molecule has 0 atom stereocenters. The number of para-hydroxylation sites is 1. The van der Waals surface area contributed by atoms with Gasteiger partial charge < -0.3 is 14.5 Å². The van der Waals surface area contributed by atoms with Crippen LogP contribution in [0.4, 0.5) is 5.69 Å². The van der Waals surface area contributed by atoms with Crippen molar-refractivity contribution in [3.8, 4) is 11.5 Å². The Bertz CT molecular complexity index is 831. The van der Waals surface area contributed by atoms with Gasteiger partial charge >= 0.3 is 5.97 Å². The molecule has 0 saturated carbocycles. The van der Waals surface area contributed by atoms with Crippen LogP contribution in [0.1, 0.15) is 23.2 Å². The van der Waals surface area contributed by atoms with E-state index in [1.165, 1.54) is 0 Å². The quantitative estimate of drug-likeness (QED) is 0.664. The average molecular weight is 337 g/mol. The van der Waals surface area contributed by atoms with Gasteiger partial charge in [0.25, 0.3) is 0 Å². The Morgan fingerprint density at radius 3 is 2.64 bits per heavy atom. The van der Waals surface area contributed by atoms with Crippen LogP contribution >= 0.6 is 0 Å². The number of hydrogen-bond donors (Lipinski definition) is 1. The molecule has 0 saturated heterocycles. The monoisotopic (exact) mass is 337 g/mol. The first-order valence-corrected chi connectivity index (χ1v) is 8.15. The number of rotatable bonds is 7. The first-order chi connectivity index (χ1) is 12.3. The molecule has 1 aromatic heterocycles. The van der Waals surface area contributed by atoms with Crippen LogP contribution in [-0.2, 0) is 11.2 Å². The van der Waals surface area contributed by atoms with E-state index < -0.39 is 0 Å². The lowest BCUT2D eigenvalue weighted by atomic mass is 10.2. The van der Waals surface area contributed by atoms with Crippen molar-refractivity contribution in [2.24, 2.45) is 0 Å². The smallest absolute Gasteiger partial charge is 0.340 e. The van der Waals surface area contributed by atoms with E-state index in [1.54, 1.807) is 13.0 Å². The first kappa shape index (κ1) is 16.7. The van der Waals surface area contributed by atoms with E-state index in [4.69, 9.17) is 9.15 Å². The molecule has 1 heterocycles. The summed E-state index contributed by atoms with van der Waals surface area (Å²) in [6.07, 6.45) is 0.553. The predicted octanol–water partition coefficient (Wildman–Crippen LogP) is 3.57. The molecule has 0 radical (unpaired) electrons. The molecule has 3 rings (SSSR count). The predicted molar refractivity (Wildman–Crippen MR) is 94.3 cm³/mol. The summed E-state index contributed by atoms with van der Waals surface area (Å²) in [5.74, 6) is 0.706. The molecule has 6 heteroatoms. The number of anilines is 1. The van der Waals surface area contributed by atoms with Crippen LogP contribution in [0.25, 0.3) is 11.5 Å².